The molecular weight excluding hydrogens is 554 g/mol. The SMILES string of the molecule is C=C(CCC[C@](C)(CCC)c1ccc(Br)c(NC(=O)c2coc(N)c2)c1)S(=O)(=O)CC(C)CN(C)CC. The van der Waals surface area contributed by atoms with Crippen molar-refractivity contribution in [1.82, 2.24) is 4.90 Å². The molecule has 0 radical (unpaired) electrons. The van der Waals surface area contributed by atoms with Gasteiger partial charge in [0, 0.05) is 22.0 Å². The van der Waals surface area contributed by atoms with Crippen molar-refractivity contribution in [2.24, 2.45) is 5.92 Å². The highest BCUT2D eigenvalue weighted by atomic mass is 79.9. The highest BCUT2D eigenvalue weighted by Crippen LogP contribution is 2.38. The van der Waals surface area contributed by atoms with E-state index in [-0.39, 0.29) is 28.9 Å². The molecule has 0 bridgehead atoms. The summed E-state index contributed by atoms with van der Waals surface area (Å²) >= 11 is 3.53. The number of nitrogen functional groups attached to an aromatic ring is 1. The molecule has 0 aliphatic carbocycles. The smallest absolute Gasteiger partial charge is 0.259 e. The molecule has 0 saturated carbocycles. The molecule has 1 heterocycles. The number of allylic oxidation sites excluding steroid dienone is 1. The third kappa shape index (κ3) is 9.00. The molecule has 2 rings (SSSR count). The Bertz CT molecular complexity index is 1180. The zero-order valence-corrected chi connectivity index (χ0v) is 25.2. The van der Waals surface area contributed by atoms with Crippen molar-refractivity contribution in [3.63, 3.8) is 0 Å². The van der Waals surface area contributed by atoms with Gasteiger partial charge in [-0.15, -0.1) is 0 Å². The van der Waals surface area contributed by atoms with Gasteiger partial charge in [0.05, 0.1) is 17.0 Å². The van der Waals surface area contributed by atoms with Crippen molar-refractivity contribution in [3.8, 4) is 0 Å². The lowest BCUT2D eigenvalue weighted by Crippen LogP contribution is -2.28. The van der Waals surface area contributed by atoms with Crippen molar-refractivity contribution < 1.29 is 17.6 Å². The summed E-state index contributed by atoms with van der Waals surface area (Å²) in [6.45, 7) is 13.9. The van der Waals surface area contributed by atoms with Gasteiger partial charge < -0.3 is 20.4 Å². The molecule has 7 nitrogen and oxygen atoms in total. The first-order chi connectivity index (χ1) is 17.3. The number of furan rings is 1. The van der Waals surface area contributed by atoms with Gasteiger partial charge in [-0.1, -0.05) is 46.8 Å². The van der Waals surface area contributed by atoms with E-state index in [4.69, 9.17) is 10.2 Å². The van der Waals surface area contributed by atoms with Crippen LogP contribution in [0.2, 0.25) is 0 Å². The van der Waals surface area contributed by atoms with Gasteiger partial charge in [0.25, 0.3) is 5.91 Å². The summed E-state index contributed by atoms with van der Waals surface area (Å²) in [7, 11) is -1.35. The standard InChI is InChI=1S/C28H42BrN3O4S/c1-7-13-28(5,14-9-10-21(4)37(34,35)19-20(3)17-32(6)8-2)23-11-12-24(29)25(16-23)31-27(33)22-15-26(30)36-18-22/h11-12,15-16,18,20H,4,7-10,13-14,17,19,30H2,1-3,5-6H3,(H,31,33)/t20?,28-/m0/s1. The van der Waals surface area contributed by atoms with E-state index < -0.39 is 9.84 Å². The first kappa shape index (κ1) is 31.1. The van der Waals surface area contributed by atoms with Gasteiger partial charge in [0.2, 0.25) is 0 Å². The monoisotopic (exact) mass is 595 g/mol. The second kappa shape index (κ2) is 13.6. The number of halogens is 1. The fraction of sp³-hybridized carbons (Fsp3) is 0.536. The van der Waals surface area contributed by atoms with Crippen LogP contribution in [0.5, 0.6) is 0 Å². The lowest BCUT2D eigenvalue weighted by atomic mass is 9.74. The fourth-order valence-electron chi connectivity index (χ4n) is 4.67. The van der Waals surface area contributed by atoms with Gasteiger partial charge in [-0.25, -0.2) is 8.42 Å². The fourth-order valence-corrected chi connectivity index (χ4v) is 6.56. The number of hydrogen-bond donors (Lipinski definition) is 2. The van der Waals surface area contributed by atoms with Crippen molar-refractivity contribution in [3.05, 3.63) is 57.6 Å². The van der Waals surface area contributed by atoms with Crippen LogP contribution in [-0.2, 0) is 15.3 Å². The zero-order valence-electron chi connectivity index (χ0n) is 22.8. The number of carbonyl (C=O) groups is 1. The number of nitrogens with one attached hydrogen (secondary N) is 1. The van der Waals surface area contributed by atoms with E-state index in [2.05, 4.69) is 59.6 Å². The number of sulfone groups is 1. The quantitative estimate of drug-likeness (QED) is 0.239. The van der Waals surface area contributed by atoms with Crippen LogP contribution in [0.15, 0.2) is 50.9 Å². The number of benzene rings is 1. The average Bonchev–Trinajstić information content (AvgIpc) is 3.26. The maximum absolute atomic E-state index is 12.9. The Balaban J connectivity index is 2.10. The highest BCUT2D eigenvalue weighted by molar-refractivity contribution is 9.10. The summed E-state index contributed by atoms with van der Waals surface area (Å²) in [6, 6.07) is 7.46. The summed E-state index contributed by atoms with van der Waals surface area (Å²) in [6.07, 6.45) is 5.19. The Morgan fingerprint density at radius 2 is 1.97 bits per heavy atom. The topological polar surface area (TPSA) is 106 Å². The van der Waals surface area contributed by atoms with E-state index in [1.807, 2.05) is 26.1 Å². The Morgan fingerprint density at radius 1 is 1.27 bits per heavy atom. The molecule has 1 aromatic heterocycles. The van der Waals surface area contributed by atoms with Crippen molar-refractivity contribution >= 4 is 43.2 Å². The van der Waals surface area contributed by atoms with Gasteiger partial charge in [-0.05, 0) is 84.2 Å². The Hall–Kier alpha value is -2.10. The largest absolute Gasteiger partial charge is 0.448 e. The van der Waals surface area contributed by atoms with Gasteiger partial charge in [-0.3, -0.25) is 4.79 Å². The minimum absolute atomic E-state index is 0.0481. The number of carbonyl (C=O) groups excluding carboxylic acids is 1. The normalized spacial score (nSPS) is 14.4. The molecule has 1 aromatic carbocycles. The molecule has 0 spiro atoms. The Morgan fingerprint density at radius 3 is 2.57 bits per heavy atom. The Labute approximate surface area is 230 Å². The van der Waals surface area contributed by atoms with Crippen LogP contribution in [-0.4, -0.2) is 45.1 Å². The Kier molecular flexibility index (Phi) is 11.5. The first-order valence-electron chi connectivity index (χ1n) is 12.9. The van der Waals surface area contributed by atoms with E-state index in [1.54, 1.807) is 0 Å². The molecule has 2 aromatic rings. The van der Waals surface area contributed by atoms with Crippen LogP contribution in [0.25, 0.3) is 0 Å². The van der Waals surface area contributed by atoms with E-state index in [1.165, 1.54) is 12.3 Å². The van der Waals surface area contributed by atoms with E-state index in [0.717, 1.165) is 42.4 Å². The minimum Gasteiger partial charge on any atom is -0.448 e. The number of hydrogen-bond acceptors (Lipinski definition) is 6. The van der Waals surface area contributed by atoms with Crippen LogP contribution in [0.4, 0.5) is 11.6 Å². The molecule has 206 valence electrons. The van der Waals surface area contributed by atoms with E-state index in [0.29, 0.717) is 29.0 Å². The van der Waals surface area contributed by atoms with Crippen LogP contribution >= 0.6 is 15.9 Å². The number of nitrogens with two attached hydrogens (primary N) is 1. The molecule has 0 aliphatic rings. The molecule has 0 saturated heterocycles. The van der Waals surface area contributed by atoms with Crippen molar-refractivity contribution in [2.45, 2.75) is 65.2 Å². The van der Waals surface area contributed by atoms with Crippen LogP contribution < -0.4 is 11.1 Å². The molecule has 37 heavy (non-hydrogen) atoms. The average molecular weight is 597 g/mol. The third-order valence-electron chi connectivity index (χ3n) is 6.89. The van der Waals surface area contributed by atoms with Crippen molar-refractivity contribution in [1.29, 1.82) is 0 Å². The maximum Gasteiger partial charge on any atom is 0.259 e. The van der Waals surface area contributed by atoms with Crippen LogP contribution in [0, 0.1) is 5.92 Å². The zero-order chi connectivity index (χ0) is 27.8. The van der Waals surface area contributed by atoms with Gasteiger partial charge >= 0.3 is 0 Å². The first-order valence-corrected chi connectivity index (χ1v) is 15.3. The lowest BCUT2D eigenvalue weighted by Gasteiger charge is -2.31. The van der Waals surface area contributed by atoms with Gasteiger partial charge in [0.15, 0.2) is 15.7 Å². The number of nitrogens with zero attached hydrogens (tertiary/aromatic N) is 1. The molecule has 0 aliphatic heterocycles. The summed E-state index contributed by atoms with van der Waals surface area (Å²) in [4.78, 5) is 15.1. The predicted molar refractivity (Wildman–Crippen MR) is 157 cm³/mol. The molecule has 1 unspecified atom stereocenters. The summed E-state index contributed by atoms with van der Waals surface area (Å²) < 4.78 is 31.6. The molecule has 2 atom stereocenters. The van der Waals surface area contributed by atoms with E-state index in [9.17, 15) is 13.2 Å². The number of rotatable bonds is 15. The molecular formula is C28H42BrN3O4S. The number of anilines is 2. The molecule has 1 amide bonds. The minimum atomic E-state index is -3.35. The predicted octanol–water partition coefficient (Wildman–Crippen LogP) is 6.62. The molecule has 0 fully saturated rings. The summed E-state index contributed by atoms with van der Waals surface area (Å²) in [5.74, 6) is 0.0451. The summed E-state index contributed by atoms with van der Waals surface area (Å²) in [5.41, 5.74) is 7.50. The summed E-state index contributed by atoms with van der Waals surface area (Å²) in [5, 5.41) is 2.93. The maximum atomic E-state index is 12.9. The highest BCUT2D eigenvalue weighted by Gasteiger charge is 2.28. The van der Waals surface area contributed by atoms with Crippen LogP contribution in [0.3, 0.4) is 0 Å². The van der Waals surface area contributed by atoms with Gasteiger partial charge in [-0.2, -0.15) is 0 Å². The number of amides is 1. The molecule has 9 heteroatoms. The third-order valence-corrected chi connectivity index (χ3v) is 9.67. The van der Waals surface area contributed by atoms with Crippen molar-refractivity contribution in [2.75, 3.05) is 36.9 Å². The lowest BCUT2D eigenvalue weighted by molar-refractivity contribution is 0.102. The van der Waals surface area contributed by atoms with Crippen LogP contribution in [0.1, 0.15) is 75.7 Å². The second-order valence-electron chi connectivity index (χ2n) is 10.3. The van der Waals surface area contributed by atoms with Gasteiger partial charge in [0.1, 0.15) is 6.26 Å². The van der Waals surface area contributed by atoms with E-state index >= 15 is 0 Å². The second-order valence-corrected chi connectivity index (χ2v) is 13.3. The molecule has 3 N–H and O–H groups in total.